The summed E-state index contributed by atoms with van der Waals surface area (Å²) in [4.78, 5) is 0. The van der Waals surface area contributed by atoms with E-state index in [0.717, 1.165) is 23.2 Å². The number of nitrogens with zero attached hydrogens (tertiary/aromatic N) is 1. The summed E-state index contributed by atoms with van der Waals surface area (Å²) in [5.74, 6) is 1.35. The minimum atomic E-state index is -0.0352. The molecule has 2 heterocycles. The van der Waals surface area contributed by atoms with Crippen LogP contribution in [0.5, 0.6) is 23.0 Å². The van der Waals surface area contributed by atoms with Crippen LogP contribution >= 0.6 is 0 Å². The summed E-state index contributed by atoms with van der Waals surface area (Å²) in [5.41, 5.74) is 3.67. The lowest BCUT2D eigenvalue weighted by Crippen LogP contribution is -1.98. The van der Waals surface area contributed by atoms with Crippen molar-refractivity contribution < 1.29 is 19.7 Å². The number of aromatic nitrogens is 2. The third-order valence-corrected chi connectivity index (χ3v) is 4.22. The zero-order valence-electron chi connectivity index (χ0n) is 13.7. The van der Waals surface area contributed by atoms with Crippen molar-refractivity contribution in [2.45, 2.75) is 13.3 Å². The number of phenolic OH excluding ortho intramolecular Hbond substituents is 2. The largest absolute Gasteiger partial charge is 0.508 e. The van der Waals surface area contributed by atoms with Gasteiger partial charge in [0, 0.05) is 34.9 Å². The number of benzene rings is 2. The molecule has 1 aliphatic rings. The summed E-state index contributed by atoms with van der Waals surface area (Å²) in [7, 11) is 0. The van der Waals surface area contributed by atoms with E-state index in [1.807, 2.05) is 25.1 Å². The van der Waals surface area contributed by atoms with E-state index in [1.165, 1.54) is 12.1 Å². The van der Waals surface area contributed by atoms with E-state index in [0.29, 0.717) is 36.0 Å². The van der Waals surface area contributed by atoms with Crippen LogP contribution in [-0.2, 0) is 0 Å². The number of para-hydroxylation sites is 1. The maximum atomic E-state index is 10.2. The van der Waals surface area contributed by atoms with Crippen molar-refractivity contribution in [2.75, 3.05) is 13.2 Å². The van der Waals surface area contributed by atoms with Gasteiger partial charge in [-0.2, -0.15) is 5.10 Å². The van der Waals surface area contributed by atoms with E-state index < -0.39 is 0 Å². The number of H-pyrrole nitrogens is 1. The van der Waals surface area contributed by atoms with E-state index in [4.69, 9.17) is 9.47 Å². The molecule has 3 aromatic rings. The predicted octanol–water partition coefficient (Wildman–Crippen LogP) is 3.62. The maximum Gasteiger partial charge on any atom is 0.169 e. The van der Waals surface area contributed by atoms with Crippen LogP contribution in [0.15, 0.2) is 36.4 Å². The fraction of sp³-hybridized carbons (Fsp3) is 0.211. The van der Waals surface area contributed by atoms with Gasteiger partial charge in [0.15, 0.2) is 11.5 Å². The summed E-state index contributed by atoms with van der Waals surface area (Å²) in [6.07, 6.45) is 0.824. The quantitative estimate of drug-likeness (QED) is 0.664. The number of ether oxygens (including phenoxy) is 2. The van der Waals surface area contributed by atoms with Crippen LogP contribution in [0.3, 0.4) is 0 Å². The molecular formula is C19H18N2O4. The SMILES string of the molecule is Cc1[nH]nc(-c2ccc(O)cc2O)c1-c1cccc2c1OCCCO2. The lowest BCUT2D eigenvalue weighted by Gasteiger charge is -2.14. The Balaban J connectivity index is 1.92. The molecule has 2 aromatic carbocycles. The normalized spacial score (nSPS) is 13.5. The highest BCUT2D eigenvalue weighted by atomic mass is 16.5. The van der Waals surface area contributed by atoms with Gasteiger partial charge in [0.1, 0.15) is 17.2 Å². The molecule has 25 heavy (non-hydrogen) atoms. The van der Waals surface area contributed by atoms with Crippen molar-refractivity contribution in [3.8, 4) is 45.4 Å². The molecule has 0 spiro atoms. The summed E-state index contributed by atoms with van der Waals surface area (Å²) >= 11 is 0. The van der Waals surface area contributed by atoms with Crippen LogP contribution in [0.4, 0.5) is 0 Å². The average Bonchev–Trinajstić information content (AvgIpc) is 2.81. The van der Waals surface area contributed by atoms with Gasteiger partial charge in [-0.3, -0.25) is 5.10 Å². The first-order valence-electron chi connectivity index (χ1n) is 8.11. The lowest BCUT2D eigenvalue weighted by atomic mass is 9.97. The van der Waals surface area contributed by atoms with Gasteiger partial charge in [0.25, 0.3) is 0 Å². The first kappa shape index (κ1) is 15.4. The van der Waals surface area contributed by atoms with E-state index in [9.17, 15) is 10.2 Å². The molecule has 0 atom stereocenters. The highest BCUT2D eigenvalue weighted by Crippen LogP contribution is 2.45. The molecule has 0 radical (unpaired) electrons. The molecule has 128 valence electrons. The number of aromatic amines is 1. The minimum absolute atomic E-state index is 0.000342. The van der Waals surface area contributed by atoms with E-state index in [1.54, 1.807) is 6.07 Å². The van der Waals surface area contributed by atoms with Crippen molar-refractivity contribution >= 4 is 0 Å². The Bertz CT molecular complexity index is 933. The second kappa shape index (κ2) is 6.05. The molecule has 6 heteroatoms. The van der Waals surface area contributed by atoms with Gasteiger partial charge in [-0.15, -0.1) is 0 Å². The number of hydrogen-bond acceptors (Lipinski definition) is 5. The third-order valence-electron chi connectivity index (χ3n) is 4.22. The molecule has 0 fully saturated rings. The zero-order valence-corrected chi connectivity index (χ0v) is 13.7. The van der Waals surface area contributed by atoms with Gasteiger partial charge >= 0.3 is 0 Å². The smallest absolute Gasteiger partial charge is 0.169 e. The monoisotopic (exact) mass is 338 g/mol. The van der Waals surface area contributed by atoms with Gasteiger partial charge < -0.3 is 19.7 Å². The van der Waals surface area contributed by atoms with E-state index in [-0.39, 0.29) is 11.5 Å². The van der Waals surface area contributed by atoms with Gasteiger partial charge in [0.05, 0.1) is 13.2 Å². The number of aryl methyl sites for hydroxylation is 1. The fourth-order valence-electron chi connectivity index (χ4n) is 3.06. The molecular weight excluding hydrogens is 320 g/mol. The second-order valence-corrected chi connectivity index (χ2v) is 5.96. The topological polar surface area (TPSA) is 87.6 Å². The summed E-state index contributed by atoms with van der Waals surface area (Å²) in [6.45, 7) is 3.12. The lowest BCUT2D eigenvalue weighted by molar-refractivity contribution is 0.297. The molecule has 3 N–H and O–H groups in total. The van der Waals surface area contributed by atoms with Crippen LogP contribution in [0.25, 0.3) is 22.4 Å². The highest BCUT2D eigenvalue weighted by Gasteiger charge is 2.23. The Morgan fingerprint density at radius 2 is 1.88 bits per heavy atom. The van der Waals surface area contributed by atoms with Crippen molar-refractivity contribution in [2.24, 2.45) is 0 Å². The molecule has 0 saturated carbocycles. The van der Waals surface area contributed by atoms with Crippen LogP contribution in [0, 0.1) is 6.92 Å². The molecule has 1 aromatic heterocycles. The molecule has 0 amide bonds. The van der Waals surface area contributed by atoms with Crippen molar-refractivity contribution in [1.82, 2.24) is 10.2 Å². The van der Waals surface area contributed by atoms with Gasteiger partial charge in [0.2, 0.25) is 0 Å². The van der Waals surface area contributed by atoms with Crippen LogP contribution < -0.4 is 9.47 Å². The Morgan fingerprint density at radius 1 is 1.04 bits per heavy atom. The van der Waals surface area contributed by atoms with Gasteiger partial charge in [-0.05, 0) is 25.1 Å². The molecule has 4 rings (SSSR count). The van der Waals surface area contributed by atoms with Crippen LogP contribution in [0.1, 0.15) is 12.1 Å². The molecule has 1 aliphatic heterocycles. The maximum absolute atomic E-state index is 10.2. The third kappa shape index (κ3) is 2.65. The summed E-state index contributed by atoms with van der Waals surface area (Å²) in [5, 5.41) is 27.1. The highest BCUT2D eigenvalue weighted by molar-refractivity contribution is 5.88. The Kier molecular flexibility index (Phi) is 3.72. The number of aromatic hydroxyl groups is 2. The molecule has 0 aliphatic carbocycles. The average molecular weight is 338 g/mol. The first-order valence-corrected chi connectivity index (χ1v) is 8.11. The first-order chi connectivity index (χ1) is 12.1. The van der Waals surface area contributed by atoms with Gasteiger partial charge in [-0.25, -0.2) is 0 Å². The Hall–Kier alpha value is -3.15. The zero-order chi connectivity index (χ0) is 17.4. The van der Waals surface area contributed by atoms with Crippen molar-refractivity contribution in [3.05, 3.63) is 42.1 Å². The molecule has 0 unspecified atom stereocenters. The Morgan fingerprint density at radius 3 is 2.72 bits per heavy atom. The second-order valence-electron chi connectivity index (χ2n) is 5.96. The number of rotatable bonds is 2. The molecule has 0 bridgehead atoms. The predicted molar refractivity (Wildman–Crippen MR) is 93.1 cm³/mol. The van der Waals surface area contributed by atoms with E-state index >= 15 is 0 Å². The molecule has 0 saturated heterocycles. The van der Waals surface area contributed by atoms with E-state index in [2.05, 4.69) is 10.2 Å². The van der Waals surface area contributed by atoms with Crippen molar-refractivity contribution in [3.63, 3.8) is 0 Å². The number of phenols is 2. The van der Waals surface area contributed by atoms with Crippen LogP contribution in [-0.4, -0.2) is 33.6 Å². The summed E-state index contributed by atoms with van der Waals surface area (Å²) < 4.78 is 11.7. The van der Waals surface area contributed by atoms with Gasteiger partial charge in [-0.1, -0.05) is 12.1 Å². The molecule has 6 nitrogen and oxygen atoms in total. The number of hydrogen-bond donors (Lipinski definition) is 3. The fourth-order valence-corrected chi connectivity index (χ4v) is 3.06. The van der Waals surface area contributed by atoms with Crippen molar-refractivity contribution in [1.29, 1.82) is 0 Å². The van der Waals surface area contributed by atoms with Crippen LogP contribution in [0.2, 0.25) is 0 Å². The summed E-state index contributed by atoms with van der Waals surface area (Å²) in [6, 6.07) is 10.2. The standard InChI is InChI=1S/C19H18N2O4/c1-11-17(14-4-2-5-16-19(14)25-9-3-8-24-16)18(21-20-11)13-7-6-12(22)10-15(13)23/h2,4-7,10,22-23H,3,8-9H2,1H3,(H,20,21). The number of fused-ring (bicyclic) bond motifs is 1. The Labute approximate surface area is 144 Å². The minimum Gasteiger partial charge on any atom is -0.508 e. The number of nitrogens with one attached hydrogen (secondary N) is 1.